The second-order valence-electron chi connectivity index (χ2n) is 4.19. The summed E-state index contributed by atoms with van der Waals surface area (Å²) in [6, 6.07) is 9.88. The van der Waals surface area contributed by atoms with Gasteiger partial charge in [-0.3, -0.25) is 14.5 Å². The van der Waals surface area contributed by atoms with Crippen LogP contribution in [0.1, 0.15) is 24.3 Å². The number of hydrogen-bond donors (Lipinski definition) is 1. The van der Waals surface area contributed by atoms with Crippen LogP contribution in [0.4, 0.5) is 0 Å². The van der Waals surface area contributed by atoms with E-state index in [0.29, 0.717) is 25.1 Å². The first-order valence-electron chi connectivity index (χ1n) is 5.71. The molecule has 2 amide bonds. The van der Waals surface area contributed by atoms with Crippen molar-refractivity contribution in [1.29, 1.82) is 0 Å². The third-order valence-corrected chi connectivity index (χ3v) is 3.49. The van der Waals surface area contributed by atoms with Gasteiger partial charge < -0.3 is 0 Å². The van der Waals surface area contributed by atoms with E-state index >= 15 is 0 Å². The topological polar surface area (TPSA) is 37.4 Å². The lowest BCUT2D eigenvalue weighted by atomic mass is 10.0. The third-order valence-electron chi connectivity index (χ3n) is 3.05. The highest BCUT2D eigenvalue weighted by atomic mass is 32.1. The van der Waals surface area contributed by atoms with Crippen LogP contribution in [0.2, 0.25) is 0 Å². The van der Waals surface area contributed by atoms with E-state index in [1.807, 2.05) is 30.3 Å². The quantitative estimate of drug-likeness (QED) is 0.653. The summed E-state index contributed by atoms with van der Waals surface area (Å²) in [6.45, 7) is 0.450. The average molecular weight is 249 g/mol. The van der Waals surface area contributed by atoms with Gasteiger partial charge in [0, 0.05) is 25.3 Å². The van der Waals surface area contributed by atoms with Crippen LogP contribution in [0.15, 0.2) is 30.3 Å². The Morgan fingerprint density at radius 3 is 2.24 bits per heavy atom. The van der Waals surface area contributed by atoms with Gasteiger partial charge in [-0.1, -0.05) is 30.3 Å². The first kappa shape index (κ1) is 12.2. The molecule has 1 aliphatic heterocycles. The van der Waals surface area contributed by atoms with Crippen molar-refractivity contribution in [1.82, 2.24) is 4.90 Å². The molecule has 3 nitrogen and oxygen atoms in total. The van der Waals surface area contributed by atoms with Crippen molar-refractivity contribution in [3.63, 3.8) is 0 Å². The molecule has 90 valence electrons. The maximum atomic E-state index is 11.5. The molecule has 0 bridgehead atoms. The standard InChI is InChI=1S/C13H15NO2S/c15-12-6-7-13(16)14(12)8-11(9-17)10-4-2-1-3-5-10/h1-5,11,17H,6-9H2. The van der Waals surface area contributed by atoms with Crippen LogP contribution in [0.3, 0.4) is 0 Å². The smallest absolute Gasteiger partial charge is 0.229 e. The lowest BCUT2D eigenvalue weighted by Crippen LogP contribution is -2.33. The van der Waals surface area contributed by atoms with Crippen LogP contribution in [0, 0.1) is 0 Å². The van der Waals surface area contributed by atoms with Gasteiger partial charge in [0.1, 0.15) is 0 Å². The highest BCUT2D eigenvalue weighted by molar-refractivity contribution is 7.80. The zero-order chi connectivity index (χ0) is 12.3. The number of benzene rings is 1. The number of amides is 2. The van der Waals surface area contributed by atoms with Crippen molar-refractivity contribution in [2.75, 3.05) is 12.3 Å². The lowest BCUT2D eigenvalue weighted by molar-refractivity contribution is -0.138. The summed E-state index contributed by atoms with van der Waals surface area (Å²) in [5.41, 5.74) is 1.12. The first-order chi connectivity index (χ1) is 8.22. The minimum atomic E-state index is -0.0577. The molecule has 1 fully saturated rings. The number of imide groups is 1. The predicted octanol–water partition coefficient (Wildman–Crippen LogP) is 1.85. The Morgan fingerprint density at radius 2 is 1.71 bits per heavy atom. The molecular formula is C13H15NO2S. The molecule has 1 aromatic carbocycles. The van der Waals surface area contributed by atoms with Gasteiger partial charge in [-0.05, 0) is 11.3 Å². The van der Waals surface area contributed by atoms with Gasteiger partial charge in [-0.2, -0.15) is 12.6 Å². The molecule has 17 heavy (non-hydrogen) atoms. The first-order valence-corrected chi connectivity index (χ1v) is 6.34. The Hall–Kier alpha value is -1.29. The van der Waals surface area contributed by atoms with E-state index < -0.39 is 0 Å². The van der Waals surface area contributed by atoms with Crippen molar-refractivity contribution >= 4 is 24.4 Å². The molecule has 1 saturated heterocycles. The summed E-state index contributed by atoms with van der Waals surface area (Å²) in [5, 5.41) is 0. The molecule has 0 aromatic heterocycles. The van der Waals surface area contributed by atoms with E-state index in [1.54, 1.807) is 0 Å². The highest BCUT2D eigenvalue weighted by Crippen LogP contribution is 2.22. The Labute approximate surface area is 106 Å². The Bertz CT molecular complexity index is 403. The molecule has 0 N–H and O–H groups in total. The van der Waals surface area contributed by atoms with Crippen molar-refractivity contribution in [2.45, 2.75) is 18.8 Å². The van der Waals surface area contributed by atoms with Gasteiger partial charge in [-0.15, -0.1) is 0 Å². The molecule has 2 rings (SSSR count). The molecule has 1 aromatic rings. The largest absolute Gasteiger partial charge is 0.282 e. The van der Waals surface area contributed by atoms with Gasteiger partial charge in [0.25, 0.3) is 0 Å². The molecule has 0 aliphatic carbocycles. The number of thiol groups is 1. The molecule has 0 radical (unpaired) electrons. The van der Waals surface area contributed by atoms with E-state index in [1.165, 1.54) is 4.90 Å². The van der Waals surface area contributed by atoms with Crippen LogP contribution in [-0.4, -0.2) is 29.0 Å². The van der Waals surface area contributed by atoms with E-state index in [2.05, 4.69) is 12.6 Å². The normalized spacial score (nSPS) is 17.6. The molecular weight excluding hydrogens is 234 g/mol. The number of carbonyl (C=O) groups is 2. The van der Waals surface area contributed by atoms with Gasteiger partial charge >= 0.3 is 0 Å². The van der Waals surface area contributed by atoms with Gasteiger partial charge in [0.2, 0.25) is 11.8 Å². The van der Waals surface area contributed by atoms with E-state index in [4.69, 9.17) is 0 Å². The Morgan fingerprint density at radius 1 is 1.12 bits per heavy atom. The maximum absolute atomic E-state index is 11.5. The minimum absolute atomic E-state index is 0.0577. The lowest BCUT2D eigenvalue weighted by Gasteiger charge is -2.21. The molecule has 1 aliphatic rings. The van der Waals surface area contributed by atoms with Gasteiger partial charge in [0.15, 0.2) is 0 Å². The summed E-state index contributed by atoms with van der Waals surface area (Å²) in [6.07, 6.45) is 0.708. The average Bonchev–Trinajstić information content (AvgIpc) is 2.68. The van der Waals surface area contributed by atoms with Crippen LogP contribution in [-0.2, 0) is 9.59 Å². The number of carbonyl (C=O) groups excluding carboxylic acids is 2. The summed E-state index contributed by atoms with van der Waals surface area (Å²) in [7, 11) is 0. The zero-order valence-electron chi connectivity index (χ0n) is 9.50. The number of hydrogen-bond acceptors (Lipinski definition) is 3. The predicted molar refractivity (Wildman–Crippen MR) is 69.0 cm³/mol. The monoisotopic (exact) mass is 249 g/mol. The fourth-order valence-electron chi connectivity index (χ4n) is 2.04. The summed E-state index contributed by atoms with van der Waals surface area (Å²) < 4.78 is 0. The highest BCUT2D eigenvalue weighted by Gasteiger charge is 2.30. The Balaban J connectivity index is 2.10. The van der Waals surface area contributed by atoms with E-state index in [-0.39, 0.29) is 17.7 Å². The van der Waals surface area contributed by atoms with Crippen molar-refractivity contribution in [3.8, 4) is 0 Å². The second kappa shape index (κ2) is 5.36. The maximum Gasteiger partial charge on any atom is 0.229 e. The minimum Gasteiger partial charge on any atom is -0.282 e. The number of rotatable bonds is 4. The SMILES string of the molecule is O=C1CCC(=O)N1CC(CS)c1ccccc1. The van der Waals surface area contributed by atoms with E-state index in [0.717, 1.165) is 5.56 Å². The number of likely N-dealkylation sites (tertiary alicyclic amines) is 1. The summed E-state index contributed by atoms with van der Waals surface area (Å²) in [4.78, 5) is 24.5. The molecule has 1 heterocycles. The zero-order valence-corrected chi connectivity index (χ0v) is 10.4. The summed E-state index contributed by atoms with van der Waals surface area (Å²) in [5.74, 6) is 0.627. The van der Waals surface area contributed by atoms with Crippen LogP contribution >= 0.6 is 12.6 Å². The van der Waals surface area contributed by atoms with E-state index in [9.17, 15) is 9.59 Å². The Kier molecular flexibility index (Phi) is 3.84. The van der Waals surface area contributed by atoms with Crippen LogP contribution < -0.4 is 0 Å². The molecule has 1 unspecified atom stereocenters. The number of nitrogens with zero attached hydrogens (tertiary/aromatic N) is 1. The summed E-state index contributed by atoms with van der Waals surface area (Å²) >= 11 is 4.31. The second-order valence-corrected chi connectivity index (χ2v) is 4.55. The van der Waals surface area contributed by atoms with Gasteiger partial charge in [-0.25, -0.2) is 0 Å². The van der Waals surface area contributed by atoms with Crippen LogP contribution in [0.5, 0.6) is 0 Å². The van der Waals surface area contributed by atoms with Crippen LogP contribution in [0.25, 0.3) is 0 Å². The molecule has 0 spiro atoms. The third kappa shape index (κ3) is 2.69. The van der Waals surface area contributed by atoms with Crippen molar-refractivity contribution in [3.05, 3.63) is 35.9 Å². The molecule has 0 saturated carbocycles. The fraction of sp³-hybridized carbons (Fsp3) is 0.385. The van der Waals surface area contributed by atoms with Crippen molar-refractivity contribution < 1.29 is 9.59 Å². The van der Waals surface area contributed by atoms with Crippen molar-refractivity contribution in [2.24, 2.45) is 0 Å². The van der Waals surface area contributed by atoms with Gasteiger partial charge in [0.05, 0.1) is 0 Å². The molecule has 1 atom stereocenters. The fourth-order valence-corrected chi connectivity index (χ4v) is 2.37. The molecule has 4 heteroatoms.